The van der Waals surface area contributed by atoms with Crippen molar-refractivity contribution < 1.29 is 23.9 Å². The lowest BCUT2D eigenvalue weighted by Gasteiger charge is -2.23. The molecule has 1 unspecified atom stereocenters. The Hall–Kier alpha value is -3.65. The first-order valence-electron chi connectivity index (χ1n) is 10.9. The topological polar surface area (TPSA) is 97.0 Å². The van der Waals surface area contributed by atoms with E-state index in [1.54, 1.807) is 68.6 Å². The molecule has 1 fully saturated rings. The first kappa shape index (κ1) is 24.0. The molecule has 1 saturated heterocycles. The van der Waals surface area contributed by atoms with E-state index in [0.717, 1.165) is 17.7 Å². The van der Waals surface area contributed by atoms with Gasteiger partial charge in [-0.25, -0.2) is 4.79 Å². The van der Waals surface area contributed by atoms with Crippen LogP contribution in [0.25, 0.3) is 6.08 Å². The molecule has 1 heterocycles. The van der Waals surface area contributed by atoms with Crippen LogP contribution in [0.2, 0.25) is 0 Å². The van der Waals surface area contributed by atoms with Gasteiger partial charge in [-0.1, -0.05) is 12.1 Å². The highest BCUT2D eigenvalue weighted by Gasteiger charge is 2.31. The van der Waals surface area contributed by atoms with Gasteiger partial charge in [0, 0.05) is 17.5 Å². The highest BCUT2D eigenvalue weighted by molar-refractivity contribution is 5.96. The third-order valence-electron chi connectivity index (χ3n) is 5.26. The molecule has 0 spiro atoms. The maximum Gasteiger partial charge on any atom is 0.330 e. The van der Waals surface area contributed by atoms with Crippen LogP contribution in [-0.4, -0.2) is 55.5 Å². The number of esters is 1. The van der Waals surface area contributed by atoms with Crippen LogP contribution < -0.4 is 15.4 Å². The van der Waals surface area contributed by atoms with Crippen molar-refractivity contribution in [1.29, 1.82) is 0 Å². The van der Waals surface area contributed by atoms with Gasteiger partial charge in [-0.15, -0.1) is 0 Å². The monoisotopic (exact) mass is 451 g/mol. The molecule has 2 amide bonds. The van der Waals surface area contributed by atoms with Crippen LogP contribution in [-0.2, 0) is 19.1 Å². The Bertz CT molecular complexity index is 986. The van der Waals surface area contributed by atoms with Crippen molar-refractivity contribution >= 4 is 35.2 Å². The van der Waals surface area contributed by atoms with Gasteiger partial charge in [-0.3, -0.25) is 14.5 Å². The quantitative estimate of drug-likeness (QED) is 0.449. The van der Waals surface area contributed by atoms with Gasteiger partial charge in [0.15, 0.2) is 0 Å². The fourth-order valence-electron chi connectivity index (χ4n) is 3.63. The number of ether oxygens (including phenoxy) is 2. The van der Waals surface area contributed by atoms with E-state index in [4.69, 9.17) is 9.47 Å². The Morgan fingerprint density at radius 2 is 1.70 bits per heavy atom. The third kappa shape index (κ3) is 7.18. The normalized spacial score (nSPS) is 15.9. The molecule has 0 aliphatic carbocycles. The van der Waals surface area contributed by atoms with Crippen LogP contribution in [0.15, 0.2) is 54.6 Å². The summed E-state index contributed by atoms with van der Waals surface area (Å²) in [6.45, 7) is 2.90. The lowest BCUT2D eigenvalue weighted by Crippen LogP contribution is -2.43. The Kier molecular flexibility index (Phi) is 8.60. The van der Waals surface area contributed by atoms with Crippen molar-refractivity contribution in [2.45, 2.75) is 25.8 Å². The number of carbonyl (C=O) groups excluding carboxylic acids is 3. The fraction of sp³-hybridized carbons (Fsp3) is 0.320. The highest BCUT2D eigenvalue weighted by Crippen LogP contribution is 2.21. The summed E-state index contributed by atoms with van der Waals surface area (Å²) in [6, 6.07) is 13.9. The second kappa shape index (κ2) is 11.8. The van der Waals surface area contributed by atoms with Crippen molar-refractivity contribution in [1.82, 2.24) is 4.90 Å². The van der Waals surface area contributed by atoms with Crippen LogP contribution in [0.1, 0.15) is 25.3 Å². The van der Waals surface area contributed by atoms with Gasteiger partial charge in [0.2, 0.25) is 11.8 Å². The average Bonchev–Trinajstić information content (AvgIpc) is 3.27. The number of benzene rings is 2. The van der Waals surface area contributed by atoms with Crippen LogP contribution in [0, 0.1) is 0 Å². The van der Waals surface area contributed by atoms with E-state index < -0.39 is 5.97 Å². The molecule has 1 aliphatic heterocycles. The van der Waals surface area contributed by atoms with Gasteiger partial charge in [0.1, 0.15) is 5.75 Å². The number of methoxy groups -OCH3 is 1. The number of likely N-dealkylation sites (tertiary alicyclic amines) is 1. The first-order chi connectivity index (χ1) is 16.0. The maximum absolute atomic E-state index is 12.8. The molecule has 2 N–H and O–H groups in total. The molecule has 2 aromatic carbocycles. The molecular formula is C25H29N3O5. The Balaban J connectivity index is 1.51. The van der Waals surface area contributed by atoms with Gasteiger partial charge in [-0.2, -0.15) is 0 Å². The van der Waals surface area contributed by atoms with Crippen molar-refractivity contribution in [2.24, 2.45) is 0 Å². The summed E-state index contributed by atoms with van der Waals surface area (Å²) in [6.07, 6.45) is 4.58. The van der Waals surface area contributed by atoms with Crippen LogP contribution in [0.3, 0.4) is 0 Å². The standard InChI is InChI=1S/C25H29N3O5/c1-3-33-24(30)15-8-18-6-9-19(10-7-18)26-23(29)17-28-16-4-5-22(28)25(31)27-20-11-13-21(32-2)14-12-20/h6-15,22H,3-5,16-17H2,1-2H3,(H,26,29)(H,27,31)/b15-8+. The molecular weight excluding hydrogens is 422 g/mol. The van der Waals surface area contributed by atoms with E-state index >= 15 is 0 Å². The minimum Gasteiger partial charge on any atom is -0.497 e. The van der Waals surface area contributed by atoms with Crippen molar-refractivity contribution in [3.05, 3.63) is 60.2 Å². The zero-order chi connectivity index (χ0) is 23.6. The molecule has 3 rings (SSSR count). The number of amides is 2. The summed E-state index contributed by atoms with van der Waals surface area (Å²) >= 11 is 0. The molecule has 0 radical (unpaired) electrons. The zero-order valence-corrected chi connectivity index (χ0v) is 18.9. The lowest BCUT2D eigenvalue weighted by atomic mass is 10.2. The Morgan fingerprint density at radius 3 is 2.36 bits per heavy atom. The average molecular weight is 452 g/mol. The molecule has 1 atom stereocenters. The largest absolute Gasteiger partial charge is 0.497 e. The number of hydrogen-bond acceptors (Lipinski definition) is 6. The van der Waals surface area contributed by atoms with E-state index in [1.807, 2.05) is 4.90 Å². The summed E-state index contributed by atoms with van der Waals surface area (Å²) in [5.41, 5.74) is 2.15. The van der Waals surface area contributed by atoms with Gasteiger partial charge >= 0.3 is 5.97 Å². The summed E-state index contributed by atoms with van der Waals surface area (Å²) in [5.74, 6) is 0.0125. The minimum atomic E-state index is -0.397. The number of nitrogens with one attached hydrogen (secondary N) is 2. The fourth-order valence-corrected chi connectivity index (χ4v) is 3.63. The zero-order valence-electron chi connectivity index (χ0n) is 18.9. The van der Waals surface area contributed by atoms with E-state index in [2.05, 4.69) is 10.6 Å². The van der Waals surface area contributed by atoms with Gasteiger partial charge < -0.3 is 20.1 Å². The third-order valence-corrected chi connectivity index (χ3v) is 5.26. The lowest BCUT2D eigenvalue weighted by molar-refractivity contribution is -0.137. The number of nitrogens with zero attached hydrogens (tertiary/aromatic N) is 1. The second-order valence-electron chi connectivity index (χ2n) is 7.60. The molecule has 0 aromatic heterocycles. The molecule has 0 saturated carbocycles. The smallest absolute Gasteiger partial charge is 0.330 e. The maximum atomic E-state index is 12.8. The van der Waals surface area contributed by atoms with Crippen molar-refractivity contribution in [2.75, 3.05) is 37.4 Å². The van der Waals surface area contributed by atoms with Gasteiger partial charge in [0.25, 0.3) is 0 Å². The molecule has 174 valence electrons. The van der Waals surface area contributed by atoms with E-state index in [0.29, 0.717) is 30.9 Å². The van der Waals surface area contributed by atoms with E-state index in [9.17, 15) is 14.4 Å². The SMILES string of the molecule is CCOC(=O)/C=C/c1ccc(NC(=O)CN2CCCC2C(=O)Nc2ccc(OC)cc2)cc1. The second-order valence-corrected chi connectivity index (χ2v) is 7.60. The summed E-state index contributed by atoms with van der Waals surface area (Å²) in [5, 5.41) is 5.78. The van der Waals surface area contributed by atoms with Gasteiger partial charge in [0.05, 0.1) is 26.3 Å². The molecule has 1 aliphatic rings. The minimum absolute atomic E-state index is 0.122. The van der Waals surface area contributed by atoms with Crippen molar-refractivity contribution in [3.8, 4) is 5.75 Å². The number of hydrogen-bond donors (Lipinski definition) is 2. The predicted octanol–water partition coefficient (Wildman–Crippen LogP) is 3.31. The number of anilines is 2. The molecule has 8 heteroatoms. The predicted molar refractivity (Wildman–Crippen MR) is 127 cm³/mol. The highest BCUT2D eigenvalue weighted by atomic mass is 16.5. The summed E-state index contributed by atoms with van der Waals surface area (Å²) in [4.78, 5) is 38.6. The Labute approximate surface area is 193 Å². The molecule has 0 bridgehead atoms. The van der Waals surface area contributed by atoms with Crippen LogP contribution in [0.4, 0.5) is 11.4 Å². The molecule has 8 nitrogen and oxygen atoms in total. The number of carbonyl (C=O) groups is 3. The van der Waals surface area contributed by atoms with E-state index in [1.165, 1.54) is 6.08 Å². The van der Waals surface area contributed by atoms with Crippen LogP contribution >= 0.6 is 0 Å². The summed E-state index contributed by atoms with van der Waals surface area (Å²) < 4.78 is 9.98. The molecule has 33 heavy (non-hydrogen) atoms. The van der Waals surface area contributed by atoms with E-state index in [-0.39, 0.29) is 24.4 Å². The van der Waals surface area contributed by atoms with Crippen LogP contribution in [0.5, 0.6) is 5.75 Å². The first-order valence-corrected chi connectivity index (χ1v) is 10.9. The molecule has 2 aromatic rings. The van der Waals surface area contributed by atoms with Gasteiger partial charge in [-0.05, 0) is 74.3 Å². The summed E-state index contributed by atoms with van der Waals surface area (Å²) in [7, 11) is 1.59. The number of rotatable bonds is 9. The Morgan fingerprint density at radius 1 is 1.03 bits per heavy atom. The van der Waals surface area contributed by atoms with Crippen molar-refractivity contribution in [3.63, 3.8) is 0 Å².